The fourth-order valence-corrected chi connectivity index (χ4v) is 2.68. The summed E-state index contributed by atoms with van der Waals surface area (Å²) in [5, 5.41) is 3.48. The van der Waals surface area contributed by atoms with Crippen molar-refractivity contribution in [3.05, 3.63) is 28.2 Å². The average Bonchev–Trinajstić information content (AvgIpc) is 2.87. The number of nitrogens with zero attached hydrogens (tertiary/aromatic N) is 2. The van der Waals surface area contributed by atoms with Gasteiger partial charge in [0.05, 0.1) is 21.8 Å². The van der Waals surface area contributed by atoms with E-state index in [9.17, 15) is 4.79 Å². The van der Waals surface area contributed by atoms with Crippen molar-refractivity contribution in [1.29, 1.82) is 0 Å². The van der Waals surface area contributed by atoms with Crippen LogP contribution in [0.25, 0.3) is 11.3 Å². The molecule has 0 saturated carbocycles. The Morgan fingerprint density at radius 2 is 2.05 bits per heavy atom. The molecule has 0 aliphatic rings. The molecular weight excluding hydrogens is 333 g/mol. The lowest BCUT2D eigenvalue weighted by atomic mass is 10.1. The highest BCUT2D eigenvalue weighted by Crippen LogP contribution is 2.38. The number of nitrogens with one attached hydrogen (secondary N) is 1. The van der Waals surface area contributed by atoms with E-state index in [4.69, 9.17) is 27.9 Å². The van der Waals surface area contributed by atoms with Gasteiger partial charge < -0.3 is 10.1 Å². The van der Waals surface area contributed by atoms with Crippen molar-refractivity contribution in [2.45, 2.75) is 19.8 Å². The smallest absolute Gasteiger partial charge is 0.388 e. The zero-order valence-electron chi connectivity index (χ0n) is 11.2. The van der Waals surface area contributed by atoms with Crippen LogP contribution in [0.4, 0.5) is 4.79 Å². The predicted molar refractivity (Wildman–Crippen MR) is 84.3 cm³/mol. The molecule has 1 aromatic heterocycles. The van der Waals surface area contributed by atoms with E-state index in [0.29, 0.717) is 27.8 Å². The van der Waals surface area contributed by atoms with E-state index in [0.717, 1.165) is 24.6 Å². The van der Waals surface area contributed by atoms with Crippen LogP contribution >= 0.6 is 34.9 Å². The largest absolute Gasteiger partial charge is 0.414 e. The quantitative estimate of drug-likeness (QED) is 0.815. The standard InChI is InChI=1S/C13H13Cl2N3O2S/c1-2-3-7-16-13(19)20-12-11(17-21-18-12)10-8(14)5-4-6-9(10)15/h4-6H,2-3,7H2,1H3,(H,16,19). The van der Waals surface area contributed by atoms with E-state index in [1.807, 2.05) is 6.92 Å². The van der Waals surface area contributed by atoms with Gasteiger partial charge in [0.1, 0.15) is 0 Å². The van der Waals surface area contributed by atoms with Gasteiger partial charge in [0.2, 0.25) is 0 Å². The molecule has 0 aliphatic heterocycles. The van der Waals surface area contributed by atoms with E-state index in [2.05, 4.69) is 14.1 Å². The second kappa shape index (κ2) is 7.59. The molecule has 0 saturated heterocycles. The normalized spacial score (nSPS) is 10.4. The Labute approximate surface area is 136 Å². The van der Waals surface area contributed by atoms with Crippen molar-refractivity contribution >= 4 is 41.0 Å². The second-order valence-corrected chi connectivity index (χ2v) is 5.53. The maximum absolute atomic E-state index is 11.7. The van der Waals surface area contributed by atoms with E-state index in [-0.39, 0.29) is 5.88 Å². The van der Waals surface area contributed by atoms with Crippen molar-refractivity contribution in [1.82, 2.24) is 14.1 Å². The summed E-state index contributed by atoms with van der Waals surface area (Å²) in [6.45, 7) is 2.59. The summed E-state index contributed by atoms with van der Waals surface area (Å²) in [5.41, 5.74) is 0.868. The molecule has 2 rings (SSSR count). The first-order valence-electron chi connectivity index (χ1n) is 6.36. The maximum Gasteiger partial charge on any atom is 0.414 e. The Hall–Kier alpha value is -1.37. The summed E-state index contributed by atoms with van der Waals surface area (Å²) in [6.07, 6.45) is 1.30. The third-order valence-electron chi connectivity index (χ3n) is 2.65. The average molecular weight is 346 g/mol. The number of benzene rings is 1. The molecule has 1 heterocycles. The summed E-state index contributed by atoms with van der Waals surface area (Å²) in [4.78, 5) is 11.7. The van der Waals surface area contributed by atoms with E-state index < -0.39 is 6.09 Å². The molecule has 1 aromatic carbocycles. The molecule has 0 radical (unpaired) electrons. The number of hydrogen-bond donors (Lipinski definition) is 1. The molecule has 0 unspecified atom stereocenters. The number of halogens is 2. The third kappa shape index (κ3) is 4.06. The molecule has 1 N–H and O–H groups in total. The van der Waals surface area contributed by atoms with Crippen LogP contribution in [0.3, 0.4) is 0 Å². The van der Waals surface area contributed by atoms with Crippen LogP contribution in [0.15, 0.2) is 18.2 Å². The molecule has 112 valence electrons. The van der Waals surface area contributed by atoms with Crippen molar-refractivity contribution in [3.63, 3.8) is 0 Å². The van der Waals surface area contributed by atoms with Crippen LogP contribution in [-0.4, -0.2) is 21.4 Å². The number of unbranched alkanes of at least 4 members (excludes halogenated alkanes) is 1. The molecule has 0 spiro atoms. The summed E-state index contributed by atoms with van der Waals surface area (Å²) in [5.74, 6) is 0.101. The van der Waals surface area contributed by atoms with Crippen LogP contribution in [0.2, 0.25) is 10.0 Å². The van der Waals surface area contributed by atoms with Gasteiger partial charge in [-0.1, -0.05) is 42.6 Å². The number of carbonyl (C=O) groups is 1. The first-order valence-corrected chi connectivity index (χ1v) is 7.84. The lowest BCUT2D eigenvalue weighted by Gasteiger charge is -2.07. The fraction of sp³-hybridized carbons (Fsp3) is 0.308. The van der Waals surface area contributed by atoms with Crippen molar-refractivity contribution in [2.24, 2.45) is 0 Å². The maximum atomic E-state index is 11.7. The molecule has 2 aromatic rings. The van der Waals surface area contributed by atoms with E-state index in [1.165, 1.54) is 0 Å². The Kier molecular flexibility index (Phi) is 5.78. The second-order valence-electron chi connectivity index (χ2n) is 4.18. The zero-order valence-corrected chi connectivity index (χ0v) is 13.6. The Balaban J connectivity index is 2.17. The number of hydrogen-bond acceptors (Lipinski definition) is 5. The van der Waals surface area contributed by atoms with Gasteiger partial charge in [-0.15, -0.1) is 4.37 Å². The fourth-order valence-electron chi connectivity index (χ4n) is 1.62. The Morgan fingerprint density at radius 1 is 1.33 bits per heavy atom. The van der Waals surface area contributed by atoms with Gasteiger partial charge in [0.25, 0.3) is 5.88 Å². The SMILES string of the molecule is CCCCNC(=O)Oc1nsnc1-c1c(Cl)cccc1Cl. The number of ether oxygens (including phenoxy) is 1. The molecule has 0 bridgehead atoms. The van der Waals surface area contributed by atoms with Crippen molar-refractivity contribution < 1.29 is 9.53 Å². The summed E-state index contributed by atoms with van der Waals surface area (Å²) in [6, 6.07) is 5.10. The topological polar surface area (TPSA) is 64.1 Å². The van der Waals surface area contributed by atoms with Crippen molar-refractivity contribution in [2.75, 3.05) is 6.54 Å². The predicted octanol–water partition coefficient (Wildman–Crippen LogP) is 4.40. The molecular formula is C13H13Cl2N3O2S. The minimum atomic E-state index is -0.569. The van der Waals surface area contributed by atoms with Gasteiger partial charge in [0, 0.05) is 12.1 Å². The highest BCUT2D eigenvalue weighted by Gasteiger charge is 2.20. The lowest BCUT2D eigenvalue weighted by molar-refractivity contribution is 0.199. The van der Waals surface area contributed by atoms with Crippen LogP contribution in [0, 0.1) is 0 Å². The minimum Gasteiger partial charge on any atom is -0.388 e. The monoisotopic (exact) mass is 345 g/mol. The van der Waals surface area contributed by atoms with E-state index >= 15 is 0 Å². The summed E-state index contributed by atoms with van der Waals surface area (Å²) >= 11 is 13.2. The van der Waals surface area contributed by atoms with Gasteiger partial charge in [-0.25, -0.2) is 4.79 Å². The molecule has 0 fully saturated rings. The van der Waals surface area contributed by atoms with Gasteiger partial charge in [-0.05, 0) is 18.6 Å². The first-order chi connectivity index (χ1) is 10.1. The number of amides is 1. The molecule has 0 aliphatic carbocycles. The number of carbonyl (C=O) groups excluding carboxylic acids is 1. The third-order valence-corrected chi connectivity index (χ3v) is 3.79. The molecule has 21 heavy (non-hydrogen) atoms. The Bertz CT molecular complexity index is 613. The van der Waals surface area contributed by atoms with Crippen LogP contribution in [0.1, 0.15) is 19.8 Å². The van der Waals surface area contributed by atoms with Crippen LogP contribution in [-0.2, 0) is 0 Å². The van der Waals surface area contributed by atoms with Gasteiger partial charge in [0.15, 0.2) is 5.69 Å². The Morgan fingerprint density at radius 3 is 2.71 bits per heavy atom. The van der Waals surface area contributed by atoms with Gasteiger partial charge in [-0.2, -0.15) is 4.37 Å². The minimum absolute atomic E-state index is 0.101. The lowest BCUT2D eigenvalue weighted by Crippen LogP contribution is -2.27. The van der Waals surface area contributed by atoms with E-state index in [1.54, 1.807) is 18.2 Å². The molecule has 0 atom stereocenters. The van der Waals surface area contributed by atoms with Crippen molar-refractivity contribution in [3.8, 4) is 17.1 Å². The molecule has 1 amide bonds. The zero-order chi connectivity index (χ0) is 15.2. The summed E-state index contributed by atoms with van der Waals surface area (Å²) in [7, 11) is 0. The van der Waals surface area contributed by atoms with Gasteiger partial charge >= 0.3 is 6.09 Å². The first kappa shape index (κ1) is 16.0. The highest BCUT2D eigenvalue weighted by molar-refractivity contribution is 6.99. The number of rotatable bonds is 5. The van der Waals surface area contributed by atoms with Crippen LogP contribution in [0.5, 0.6) is 5.88 Å². The molecule has 5 nitrogen and oxygen atoms in total. The van der Waals surface area contributed by atoms with Crippen LogP contribution < -0.4 is 10.1 Å². The summed E-state index contributed by atoms with van der Waals surface area (Å²) < 4.78 is 13.3. The van der Waals surface area contributed by atoms with Gasteiger partial charge in [-0.3, -0.25) is 0 Å². The molecule has 8 heteroatoms. The highest BCUT2D eigenvalue weighted by atomic mass is 35.5. The number of aromatic nitrogens is 2.